The quantitative estimate of drug-likeness (QED) is 0.677. The molecule has 4 nitrogen and oxygen atoms in total. The highest BCUT2D eigenvalue weighted by molar-refractivity contribution is 9.10. The van der Waals surface area contributed by atoms with E-state index in [1.807, 2.05) is 0 Å². The zero-order valence-electron chi connectivity index (χ0n) is 11.6. The van der Waals surface area contributed by atoms with E-state index in [-0.39, 0.29) is 21.5 Å². The SMILES string of the molecule is NC1c2c(ccc(Oc3cc(F)cc(Br)c3)c2Br)S(=O)(=O)C1(F)F. The summed E-state index contributed by atoms with van der Waals surface area (Å²) in [6, 6.07) is 3.94. The molecule has 0 amide bonds. The van der Waals surface area contributed by atoms with Crippen molar-refractivity contribution in [3.63, 3.8) is 0 Å². The zero-order chi connectivity index (χ0) is 17.9. The first kappa shape index (κ1) is 17.7. The molecule has 0 fully saturated rings. The minimum absolute atomic E-state index is 0.0198. The van der Waals surface area contributed by atoms with Crippen molar-refractivity contribution in [1.29, 1.82) is 0 Å². The number of ether oxygens (including phenoxy) is 1. The van der Waals surface area contributed by atoms with Gasteiger partial charge in [0, 0.05) is 16.1 Å². The number of fused-ring (bicyclic) bond motifs is 1. The molecule has 10 heteroatoms. The molecule has 1 heterocycles. The van der Waals surface area contributed by atoms with Gasteiger partial charge in [0.05, 0.1) is 9.37 Å². The van der Waals surface area contributed by atoms with Crippen LogP contribution in [0.4, 0.5) is 13.2 Å². The molecule has 3 rings (SSSR count). The molecule has 0 saturated carbocycles. The average molecular weight is 487 g/mol. The Balaban J connectivity index is 2.11. The molecule has 0 radical (unpaired) electrons. The number of hydrogen-bond acceptors (Lipinski definition) is 4. The van der Waals surface area contributed by atoms with Gasteiger partial charge in [0.2, 0.25) is 9.84 Å². The van der Waals surface area contributed by atoms with Crippen molar-refractivity contribution in [3.8, 4) is 11.5 Å². The fourth-order valence-corrected chi connectivity index (χ4v) is 5.11. The maximum absolute atomic E-state index is 13.9. The molecule has 0 spiro atoms. The van der Waals surface area contributed by atoms with Crippen LogP contribution in [0.15, 0.2) is 44.2 Å². The summed E-state index contributed by atoms with van der Waals surface area (Å²) >= 11 is 6.17. The second-order valence-electron chi connectivity index (χ2n) is 5.04. The molecular weight excluding hydrogens is 479 g/mol. The van der Waals surface area contributed by atoms with E-state index in [4.69, 9.17) is 10.5 Å². The summed E-state index contributed by atoms with van der Waals surface area (Å²) in [6.45, 7) is 0. The van der Waals surface area contributed by atoms with Crippen molar-refractivity contribution in [1.82, 2.24) is 0 Å². The molecule has 2 aromatic rings. The molecule has 1 aliphatic rings. The van der Waals surface area contributed by atoms with Crippen LogP contribution >= 0.6 is 31.9 Å². The van der Waals surface area contributed by atoms with Crippen LogP contribution in [0.25, 0.3) is 0 Å². The molecule has 1 atom stereocenters. The van der Waals surface area contributed by atoms with Crippen LogP contribution in [0.2, 0.25) is 0 Å². The molecule has 1 aliphatic heterocycles. The third kappa shape index (κ3) is 2.56. The average Bonchev–Trinajstić information content (AvgIpc) is 2.59. The summed E-state index contributed by atoms with van der Waals surface area (Å²) in [6.07, 6.45) is 0. The summed E-state index contributed by atoms with van der Waals surface area (Å²) in [5, 5.41) is -4.11. The van der Waals surface area contributed by atoms with E-state index in [1.54, 1.807) is 0 Å². The maximum Gasteiger partial charge on any atom is 0.368 e. The molecule has 0 aliphatic carbocycles. The van der Waals surface area contributed by atoms with Crippen molar-refractivity contribution in [2.24, 2.45) is 5.73 Å². The van der Waals surface area contributed by atoms with Gasteiger partial charge in [-0.3, -0.25) is 0 Å². The van der Waals surface area contributed by atoms with E-state index in [0.717, 1.165) is 12.1 Å². The van der Waals surface area contributed by atoms with Crippen LogP contribution in [0.5, 0.6) is 11.5 Å². The van der Waals surface area contributed by atoms with E-state index < -0.39 is 31.8 Å². The lowest BCUT2D eigenvalue weighted by Crippen LogP contribution is -2.33. The number of hydrogen-bond donors (Lipinski definition) is 1. The fourth-order valence-electron chi connectivity index (χ4n) is 2.35. The van der Waals surface area contributed by atoms with E-state index in [9.17, 15) is 21.6 Å². The molecule has 2 aromatic carbocycles. The van der Waals surface area contributed by atoms with Crippen LogP contribution < -0.4 is 10.5 Å². The predicted octanol–water partition coefficient (Wildman–Crippen LogP) is 4.52. The third-order valence-electron chi connectivity index (χ3n) is 3.49. The number of sulfone groups is 1. The Kier molecular flexibility index (Phi) is 4.22. The monoisotopic (exact) mass is 485 g/mol. The maximum atomic E-state index is 13.9. The molecule has 2 N–H and O–H groups in total. The van der Waals surface area contributed by atoms with Crippen LogP contribution in [-0.4, -0.2) is 13.7 Å². The lowest BCUT2D eigenvalue weighted by molar-refractivity contribution is 0.0681. The summed E-state index contributed by atoms with van der Waals surface area (Å²) < 4.78 is 70.9. The Morgan fingerprint density at radius 3 is 2.46 bits per heavy atom. The van der Waals surface area contributed by atoms with Crippen molar-refractivity contribution in [2.45, 2.75) is 16.2 Å². The smallest absolute Gasteiger partial charge is 0.368 e. The number of rotatable bonds is 2. The number of alkyl halides is 2. The largest absolute Gasteiger partial charge is 0.456 e. The lowest BCUT2D eigenvalue weighted by atomic mass is 10.1. The second kappa shape index (κ2) is 5.72. The minimum atomic E-state index is -4.87. The van der Waals surface area contributed by atoms with E-state index in [1.165, 1.54) is 18.2 Å². The van der Waals surface area contributed by atoms with Gasteiger partial charge in [-0.15, -0.1) is 0 Å². The van der Waals surface area contributed by atoms with Gasteiger partial charge in [0.1, 0.15) is 23.4 Å². The summed E-state index contributed by atoms with van der Waals surface area (Å²) in [5.74, 6) is -0.430. The van der Waals surface area contributed by atoms with Crippen molar-refractivity contribution < 1.29 is 26.3 Å². The number of halogens is 5. The minimum Gasteiger partial charge on any atom is -0.456 e. The Morgan fingerprint density at radius 1 is 1.17 bits per heavy atom. The van der Waals surface area contributed by atoms with Gasteiger partial charge in [-0.25, -0.2) is 12.8 Å². The molecule has 1 unspecified atom stereocenters. The highest BCUT2D eigenvalue weighted by Gasteiger charge is 2.60. The van der Waals surface area contributed by atoms with Gasteiger partial charge in [0.15, 0.2) is 0 Å². The fraction of sp³-hybridized carbons (Fsp3) is 0.143. The zero-order valence-corrected chi connectivity index (χ0v) is 15.6. The van der Waals surface area contributed by atoms with Crippen LogP contribution in [-0.2, 0) is 9.84 Å². The van der Waals surface area contributed by atoms with Gasteiger partial charge >= 0.3 is 5.25 Å². The molecular formula is C14H8Br2F3NO3S. The normalized spacial score (nSPS) is 20.7. The van der Waals surface area contributed by atoms with Gasteiger partial charge in [-0.05, 0) is 40.2 Å². The lowest BCUT2D eigenvalue weighted by Gasteiger charge is -2.15. The Labute approximate surface area is 152 Å². The van der Waals surface area contributed by atoms with E-state index in [2.05, 4.69) is 31.9 Å². The van der Waals surface area contributed by atoms with Gasteiger partial charge < -0.3 is 10.5 Å². The number of nitrogens with two attached hydrogens (primary N) is 1. The highest BCUT2D eigenvalue weighted by atomic mass is 79.9. The van der Waals surface area contributed by atoms with Crippen molar-refractivity contribution >= 4 is 41.7 Å². The van der Waals surface area contributed by atoms with Gasteiger partial charge in [-0.1, -0.05) is 15.9 Å². The first-order chi connectivity index (χ1) is 11.1. The van der Waals surface area contributed by atoms with Crippen molar-refractivity contribution in [2.75, 3.05) is 0 Å². The van der Waals surface area contributed by atoms with Crippen LogP contribution in [0, 0.1) is 5.82 Å². The Bertz CT molecular complexity index is 930. The first-order valence-electron chi connectivity index (χ1n) is 6.40. The molecule has 24 heavy (non-hydrogen) atoms. The molecule has 0 bridgehead atoms. The summed E-state index contributed by atoms with van der Waals surface area (Å²) in [7, 11) is -4.87. The first-order valence-corrected chi connectivity index (χ1v) is 9.47. The summed E-state index contributed by atoms with van der Waals surface area (Å²) in [5.41, 5.74) is 5.16. The third-order valence-corrected chi connectivity index (χ3v) is 6.67. The molecule has 128 valence electrons. The highest BCUT2D eigenvalue weighted by Crippen LogP contribution is 2.52. The van der Waals surface area contributed by atoms with Crippen LogP contribution in [0.1, 0.15) is 11.6 Å². The van der Waals surface area contributed by atoms with E-state index in [0.29, 0.717) is 4.47 Å². The van der Waals surface area contributed by atoms with Gasteiger partial charge in [0.25, 0.3) is 0 Å². The Hall–Kier alpha value is -1.10. The van der Waals surface area contributed by atoms with Gasteiger partial charge in [-0.2, -0.15) is 8.78 Å². The van der Waals surface area contributed by atoms with E-state index >= 15 is 0 Å². The van der Waals surface area contributed by atoms with Crippen molar-refractivity contribution in [3.05, 3.63) is 50.7 Å². The molecule has 0 saturated heterocycles. The molecule has 0 aromatic heterocycles. The topological polar surface area (TPSA) is 69.4 Å². The Morgan fingerprint density at radius 2 is 1.83 bits per heavy atom. The predicted molar refractivity (Wildman–Crippen MR) is 87.4 cm³/mol. The number of benzene rings is 2. The standard InChI is InChI=1S/C14H8Br2F3NO3S/c15-6-3-7(17)5-8(4-6)23-9-1-2-10-11(12(9)16)13(20)14(18,19)24(10,21)22/h1-5,13H,20H2. The van der Waals surface area contributed by atoms with Crippen LogP contribution in [0.3, 0.4) is 0 Å². The summed E-state index contributed by atoms with van der Waals surface area (Å²) in [4.78, 5) is -0.556. The second-order valence-corrected chi connectivity index (χ2v) is 8.74.